The molecule has 6 heteroatoms. The minimum Gasteiger partial charge on any atom is -0.322 e. The summed E-state index contributed by atoms with van der Waals surface area (Å²) in [6.07, 6.45) is 1.65. The van der Waals surface area contributed by atoms with Crippen molar-refractivity contribution < 1.29 is 0 Å². The summed E-state index contributed by atoms with van der Waals surface area (Å²) < 4.78 is 2.30. The predicted octanol–water partition coefficient (Wildman–Crippen LogP) is 4.68. The van der Waals surface area contributed by atoms with Crippen LogP contribution in [0, 0.1) is 0 Å². The van der Waals surface area contributed by atoms with E-state index in [1.165, 1.54) is 0 Å². The number of nitrogens with zero attached hydrogens (tertiary/aromatic N) is 3. The van der Waals surface area contributed by atoms with Crippen LogP contribution in [0.1, 0.15) is 0 Å². The number of hydrogen-bond acceptors (Lipinski definition) is 5. The van der Waals surface area contributed by atoms with Crippen molar-refractivity contribution in [2.45, 2.75) is 0 Å². The summed E-state index contributed by atoms with van der Waals surface area (Å²) in [5, 5.41) is 4.68. The molecule has 0 saturated heterocycles. The van der Waals surface area contributed by atoms with Crippen LogP contribution in [0.4, 0.5) is 10.3 Å². The van der Waals surface area contributed by atoms with Gasteiger partial charge in [0.25, 0.3) is 0 Å². The molecule has 4 aromatic rings. The molecular formula is C15H10N4S2. The molecule has 102 valence electrons. The average Bonchev–Trinajstić information content (AvgIpc) is 3.09. The average molecular weight is 310 g/mol. The Morgan fingerprint density at radius 1 is 0.857 bits per heavy atom. The zero-order valence-corrected chi connectivity index (χ0v) is 12.5. The van der Waals surface area contributed by atoms with Crippen LogP contribution in [-0.4, -0.2) is 16.3 Å². The number of aliphatic imine (C=N–C) groups is 1. The van der Waals surface area contributed by atoms with Crippen LogP contribution in [-0.2, 0) is 0 Å². The van der Waals surface area contributed by atoms with Crippen LogP contribution >= 0.6 is 22.7 Å². The van der Waals surface area contributed by atoms with E-state index in [1.54, 1.807) is 29.0 Å². The second kappa shape index (κ2) is 5.23. The van der Waals surface area contributed by atoms with Crippen molar-refractivity contribution in [3.8, 4) is 0 Å². The highest BCUT2D eigenvalue weighted by molar-refractivity contribution is 7.22. The van der Waals surface area contributed by atoms with Crippen LogP contribution in [0.5, 0.6) is 0 Å². The molecule has 0 unspecified atom stereocenters. The van der Waals surface area contributed by atoms with E-state index < -0.39 is 0 Å². The standard InChI is InChI=1S/C15H10N4S2/c1-3-7-12-10(5-1)18-14(20-12)16-9-17-15-19-11-6-2-4-8-13(11)21-15/h1-9H,(H,16,17,18,19). The first-order valence-corrected chi connectivity index (χ1v) is 8.02. The third kappa shape index (κ3) is 2.51. The minimum absolute atomic E-state index is 0.741. The summed E-state index contributed by atoms with van der Waals surface area (Å²) in [7, 11) is 0. The number of fused-ring (bicyclic) bond motifs is 2. The molecule has 0 atom stereocenters. The van der Waals surface area contributed by atoms with Crippen LogP contribution in [0.15, 0.2) is 53.5 Å². The summed E-state index contributed by atoms with van der Waals surface area (Å²) >= 11 is 3.18. The van der Waals surface area contributed by atoms with E-state index in [2.05, 4.69) is 26.3 Å². The van der Waals surface area contributed by atoms with Gasteiger partial charge in [0.15, 0.2) is 5.13 Å². The zero-order valence-electron chi connectivity index (χ0n) is 10.9. The first-order chi connectivity index (χ1) is 10.4. The number of rotatable bonds is 3. The first-order valence-electron chi connectivity index (χ1n) is 6.39. The zero-order chi connectivity index (χ0) is 14.1. The second-order valence-corrected chi connectivity index (χ2v) is 6.39. The molecule has 0 aliphatic rings. The first kappa shape index (κ1) is 12.4. The van der Waals surface area contributed by atoms with Crippen LogP contribution in [0.3, 0.4) is 0 Å². The van der Waals surface area contributed by atoms with Gasteiger partial charge < -0.3 is 5.32 Å². The fourth-order valence-corrected chi connectivity index (χ4v) is 3.63. The number of hydrogen-bond donors (Lipinski definition) is 1. The van der Waals surface area contributed by atoms with Gasteiger partial charge in [0, 0.05) is 0 Å². The fraction of sp³-hybridized carbons (Fsp3) is 0. The highest BCUT2D eigenvalue weighted by Crippen LogP contribution is 2.28. The van der Waals surface area contributed by atoms with E-state index in [-0.39, 0.29) is 0 Å². The quantitative estimate of drug-likeness (QED) is 0.441. The highest BCUT2D eigenvalue weighted by Gasteiger charge is 2.02. The van der Waals surface area contributed by atoms with E-state index >= 15 is 0 Å². The maximum absolute atomic E-state index is 4.49. The van der Waals surface area contributed by atoms with Crippen LogP contribution in [0.2, 0.25) is 0 Å². The molecule has 0 radical (unpaired) electrons. The molecule has 2 aromatic carbocycles. The van der Waals surface area contributed by atoms with E-state index in [1.807, 2.05) is 42.5 Å². The molecule has 0 aliphatic heterocycles. The van der Waals surface area contributed by atoms with Gasteiger partial charge in [-0.1, -0.05) is 46.9 Å². The molecule has 0 saturated carbocycles. The Morgan fingerprint density at radius 3 is 2.24 bits per heavy atom. The number of para-hydroxylation sites is 2. The van der Waals surface area contributed by atoms with Gasteiger partial charge in [-0.3, -0.25) is 0 Å². The Hall–Kier alpha value is -2.31. The van der Waals surface area contributed by atoms with E-state index in [0.29, 0.717) is 0 Å². The lowest BCUT2D eigenvalue weighted by Crippen LogP contribution is -1.92. The van der Waals surface area contributed by atoms with Gasteiger partial charge in [-0.05, 0) is 24.3 Å². The summed E-state index contributed by atoms with van der Waals surface area (Å²) in [5.74, 6) is 0. The Morgan fingerprint density at radius 2 is 1.52 bits per heavy atom. The predicted molar refractivity (Wildman–Crippen MR) is 91.0 cm³/mol. The van der Waals surface area contributed by atoms with Gasteiger partial charge in [0.2, 0.25) is 5.13 Å². The third-order valence-electron chi connectivity index (χ3n) is 2.94. The monoisotopic (exact) mass is 310 g/mol. The molecule has 0 aliphatic carbocycles. The number of benzene rings is 2. The van der Waals surface area contributed by atoms with Crippen molar-refractivity contribution in [1.82, 2.24) is 9.97 Å². The number of anilines is 1. The Balaban J connectivity index is 1.55. The third-order valence-corrected chi connectivity index (χ3v) is 4.85. The van der Waals surface area contributed by atoms with Crippen molar-refractivity contribution >= 4 is 59.7 Å². The van der Waals surface area contributed by atoms with Gasteiger partial charge in [-0.2, -0.15) is 0 Å². The molecular weight excluding hydrogens is 300 g/mol. The molecule has 21 heavy (non-hydrogen) atoms. The van der Waals surface area contributed by atoms with Crippen molar-refractivity contribution in [1.29, 1.82) is 0 Å². The largest absolute Gasteiger partial charge is 0.322 e. The Labute approximate surface area is 128 Å². The Kier molecular flexibility index (Phi) is 3.10. The lowest BCUT2D eigenvalue weighted by atomic mass is 10.3. The summed E-state index contributed by atoms with van der Waals surface area (Å²) in [6.45, 7) is 0. The molecule has 0 amide bonds. The topological polar surface area (TPSA) is 50.2 Å². The van der Waals surface area contributed by atoms with Crippen LogP contribution < -0.4 is 5.32 Å². The van der Waals surface area contributed by atoms with Crippen molar-refractivity contribution in [3.05, 3.63) is 48.5 Å². The molecule has 4 rings (SSSR count). The Bertz CT molecular complexity index is 873. The van der Waals surface area contributed by atoms with Gasteiger partial charge in [-0.15, -0.1) is 0 Å². The molecule has 2 aromatic heterocycles. The lowest BCUT2D eigenvalue weighted by Gasteiger charge is -1.89. The smallest absolute Gasteiger partial charge is 0.211 e. The van der Waals surface area contributed by atoms with Gasteiger partial charge >= 0.3 is 0 Å². The number of thiazole rings is 2. The summed E-state index contributed by atoms with van der Waals surface area (Å²) in [4.78, 5) is 13.3. The molecule has 0 bridgehead atoms. The molecule has 0 fully saturated rings. The van der Waals surface area contributed by atoms with Gasteiger partial charge in [0.05, 0.1) is 26.8 Å². The van der Waals surface area contributed by atoms with E-state index in [0.717, 1.165) is 30.7 Å². The number of nitrogens with one attached hydrogen (secondary N) is 1. The van der Waals surface area contributed by atoms with E-state index in [4.69, 9.17) is 0 Å². The SMILES string of the molecule is C(=N\c1nc2ccccc2s1)/Nc1nc2ccccc2s1. The normalized spacial score (nSPS) is 11.6. The lowest BCUT2D eigenvalue weighted by molar-refractivity contribution is 1.40. The molecule has 2 heterocycles. The summed E-state index contributed by atoms with van der Waals surface area (Å²) in [6, 6.07) is 16.1. The molecule has 0 spiro atoms. The van der Waals surface area contributed by atoms with Crippen LogP contribution in [0.25, 0.3) is 20.4 Å². The molecule has 4 nitrogen and oxygen atoms in total. The summed E-state index contributed by atoms with van der Waals surface area (Å²) in [5.41, 5.74) is 1.98. The van der Waals surface area contributed by atoms with Crippen molar-refractivity contribution in [2.24, 2.45) is 4.99 Å². The van der Waals surface area contributed by atoms with Crippen molar-refractivity contribution in [3.63, 3.8) is 0 Å². The van der Waals surface area contributed by atoms with E-state index in [9.17, 15) is 0 Å². The van der Waals surface area contributed by atoms with Gasteiger partial charge in [-0.25, -0.2) is 15.0 Å². The highest BCUT2D eigenvalue weighted by atomic mass is 32.1. The maximum Gasteiger partial charge on any atom is 0.211 e. The number of aromatic nitrogens is 2. The second-order valence-electron chi connectivity index (χ2n) is 4.35. The fourth-order valence-electron chi connectivity index (χ4n) is 1.99. The van der Waals surface area contributed by atoms with Gasteiger partial charge in [0.1, 0.15) is 0 Å². The molecule has 1 N–H and O–H groups in total. The van der Waals surface area contributed by atoms with Crippen molar-refractivity contribution in [2.75, 3.05) is 5.32 Å². The minimum atomic E-state index is 0.741. The maximum atomic E-state index is 4.49.